The molecule has 0 spiro atoms. The Bertz CT molecular complexity index is 1030. The van der Waals surface area contributed by atoms with Crippen molar-refractivity contribution in [1.82, 2.24) is 10.3 Å². The summed E-state index contributed by atoms with van der Waals surface area (Å²) in [4.78, 5) is 28.7. The average Bonchev–Trinajstić information content (AvgIpc) is 2.73. The molecule has 3 aromatic rings. The van der Waals surface area contributed by atoms with Gasteiger partial charge >= 0.3 is 5.97 Å². The van der Waals surface area contributed by atoms with Crippen molar-refractivity contribution in [3.8, 4) is 17.0 Å². The van der Waals surface area contributed by atoms with Crippen LogP contribution in [0.5, 0.6) is 5.75 Å². The number of carbonyl (C=O) groups is 2. The van der Waals surface area contributed by atoms with E-state index in [1.807, 2.05) is 55.5 Å². The van der Waals surface area contributed by atoms with Gasteiger partial charge in [-0.2, -0.15) is 0 Å². The quantitative estimate of drug-likeness (QED) is 0.636. The number of para-hydroxylation sites is 1. The fraction of sp³-hybridized carbons (Fsp3) is 0.174. The summed E-state index contributed by atoms with van der Waals surface area (Å²) in [5.74, 6) is -0.772. The normalized spacial score (nSPS) is 11.5. The Kier molecular flexibility index (Phi) is 6.24. The first-order valence-corrected chi connectivity index (χ1v) is 9.18. The molecular formula is C23H22N2O4. The zero-order chi connectivity index (χ0) is 20.8. The van der Waals surface area contributed by atoms with Gasteiger partial charge in [0.2, 0.25) is 0 Å². The van der Waals surface area contributed by atoms with Crippen molar-refractivity contribution in [2.24, 2.45) is 0 Å². The summed E-state index contributed by atoms with van der Waals surface area (Å²) in [6, 6.07) is 19.3. The standard InChI is InChI=1S/C23H22N2O4/c1-15-8-3-4-9-16(15)20(14-22(26)27)25-23(28)19-12-7-11-18(24-19)17-10-5-6-13-21(17)29-2/h3-13,20H,14H2,1-2H3,(H,25,28)(H,26,27). The van der Waals surface area contributed by atoms with Crippen LogP contribution in [0.4, 0.5) is 0 Å². The molecule has 148 valence electrons. The number of carboxylic acids is 1. The molecule has 1 amide bonds. The van der Waals surface area contributed by atoms with E-state index in [9.17, 15) is 14.7 Å². The number of carbonyl (C=O) groups excluding carboxylic acids is 1. The minimum absolute atomic E-state index is 0.206. The summed E-state index contributed by atoms with van der Waals surface area (Å²) in [5.41, 5.74) is 3.25. The van der Waals surface area contributed by atoms with Crippen LogP contribution in [0.2, 0.25) is 0 Å². The molecule has 3 rings (SSSR count). The van der Waals surface area contributed by atoms with E-state index in [-0.39, 0.29) is 12.1 Å². The van der Waals surface area contributed by atoms with Gasteiger partial charge in [-0.3, -0.25) is 9.59 Å². The molecule has 0 saturated carbocycles. The van der Waals surface area contributed by atoms with Crippen LogP contribution in [0.1, 0.15) is 34.1 Å². The lowest BCUT2D eigenvalue weighted by atomic mass is 9.98. The number of aryl methyl sites for hydroxylation is 1. The van der Waals surface area contributed by atoms with E-state index >= 15 is 0 Å². The topological polar surface area (TPSA) is 88.5 Å². The Morgan fingerprint density at radius 3 is 2.48 bits per heavy atom. The summed E-state index contributed by atoms with van der Waals surface area (Å²) >= 11 is 0. The highest BCUT2D eigenvalue weighted by Crippen LogP contribution is 2.28. The summed E-state index contributed by atoms with van der Waals surface area (Å²) in [5, 5.41) is 12.1. The summed E-state index contributed by atoms with van der Waals surface area (Å²) in [6.45, 7) is 1.89. The largest absolute Gasteiger partial charge is 0.496 e. The minimum Gasteiger partial charge on any atom is -0.496 e. The van der Waals surface area contributed by atoms with Gasteiger partial charge in [0.05, 0.1) is 25.3 Å². The van der Waals surface area contributed by atoms with Crippen LogP contribution in [-0.2, 0) is 4.79 Å². The highest BCUT2D eigenvalue weighted by Gasteiger charge is 2.21. The van der Waals surface area contributed by atoms with Crippen LogP contribution in [0.15, 0.2) is 66.7 Å². The third-order valence-electron chi connectivity index (χ3n) is 4.61. The number of carboxylic acid groups (broad SMARTS) is 1. The SMILES string of the molecule is COc1ccccc1-c1cccc(C(=O)NC(CC(=O)O)c2ccccc2C)n1. The highest BCUT2D eigenvalue weighted by atomic mass is 16.5. The number of hydrogen-bond donors (Lipinski definition) is 2. The summed E-state index contributed by atoms with van der Waals surface area (Å²) < 4.78 is 5.37. The van der Waals surface area contributed by atoms with Gasteiger partial charge in [-0.15, -0.1) is 0 Å². The second-order valence-corrected chi connectivity index (χ2v) is 6.59. The van der Waals surface area contributed by atoms with Crippen molar-refractivity contribution in [2.45, 2.75) is 19.4 Å². The second kappa shape index (κ2) is 9.01. The van der Waals surface area contributed by atoms with Crippen LogP contribution in [0.3, 0.4) is 0 Å². The van der Waals surface area contributed by atoms with Gasteiger partial charge in [0, 0.05) is 5.56 Å². The monoisotopic (exact) mass is 390 g/mol. The molecule has 1 heterocycles. The molecule has 0 bridgehead atoms. The van der Waals surface area contributed by atoms with Gasteiger partial charge < -0.3 is 15.2 Å². The van der Waals surface area contributed by atoms with Crippen LogP contribution in [-0.4, -0.2) is 29.1 Å². The lowest BCUT2D eigenvalue weighted by Gasteiger charge is -2.19. The molecule has 6 heteroatoms. The number of nitrogens with one attached hydrogen (secondary N) is 1. The molecule has 0 aliphatic carbocycles. The number of hydrogen-bond acceptors (Lipinski definition) is 4. The smallest absolute Gasteiger partial charge is 0.305 e. The van der Waals surface area contributed by atoms with E-state index < -0.39 is 17.9 Å². The van der Waals surface area contributed by atoms with E-state index in [0.29, 0.717) is 11.4 Å². The number of methoxy groups -OCH3 is 1. The second-order valence-electron chi connectivity index (χ2n) is 6.59. The zero-order valence-electron chi connectivity index (χ0n) is 16.3. The molecule has 0 fully saturated rings. The molecule has 6 nitrogen and oxygen atoms in total. The van der Waals surface area contributed by atoms with Gasteiger partial charge in [0.15, 0.2) is 0 Å². The Hall–Kier alpha value is -3.67. The van der Waals surface area contributed by atoms with E-state index in [1.54, 1.807) is 25.3 Å². The zero-order valence-corrected chi connectivity index (χ0v) is 16.3. The van der Waals surface area contributed by atoms with Gasteiger partial charge in [0.25, 0.3) is 5.91 Å². The minimum atomic E-state index is -0.991. The number of rotatable bonds is 7. The maximum absolute atomic E-state index is 12.9. The highest BCUT2D eigenvalue weighted by molar-refractivity contribution is 5.93. The molecule has 2 aromatic carbocycles. The third kappa shape index (κ3) is 4.79. The van der Waals surface area contributed by atoms with Crippen LogP contribution >= 0.6 is 0 Å². The van der Waals surface area contributed by atoms with Crippen LogP contribution < -0.4 is 10.1 Å². The number of aliphatic carboxylic acids is 1. The maximum atomic E-state index is 12.9. The van der Waals surface area contributed by atoms with E-state index in [4.69, 9.17) is 4.74 Å². The molecule has 1 aromatic heterocycles. The van der Waals surface area contributed by atoms with Crippen molar-refractivity contribution in [1.29, 1.82) is 0 Å². The molecule has 1 atom stereocenters. The van der Waals surface area contributed by atoms with Crippen molar-refractivity contribution in [3.05, 3.63) is 83.6 Å². The Morgan fingerprint density at radius 2 is 1.76 bits per heavy atom. The van der Waals surface area contributed by atoms with E-state index in [1.165, 1.54) is 0 Å². The third-order valence-corrected chi connectivity index (χ3v) is 4.61. The van der Waals surface area contributed by atoms with E-state index in [2.05, 4.69) is 10.3 Å². The first kappa shape index (κ1) is 20.1. The summed E-state index contributed by atoms with van der Waals surface area (Å²) in [7, 11) is 1.58. The van der Waals surface area contributed by atoms with Crippen LogP contribution in [0, 0.1) is 6.92 Å². The lowest BCUT2D eigenvalue weighted by Crippen LogP contribution is -2.31. The first-order valence-electron chi connectivity index (χ1n) is 9.18. The van der Waals surface area contributed by atoms with Gasteiger partial charge in [-0.05, 0) is 42.3 Å². The van der Waals surface area contributed by atoms with Gasteiger partial charge in [-0.1, -0.05) is 42.5 Å². The maximum Gasteiger partial charge on any atom is 0.305 e. The predicted molar refractivity (Wildman–Crippen MR) is 110 cm³/mol. The molecule has 1 unspecified atom stereocenters. The Morgan fingerprint density at radius 1 is 1.03 bits per heavy atom. The van der Waals surface area contributed by atoms with Gasteiger partial charge in [0.1, 0.15) is 11.4 Å². The van der Waals surface area contributed by atoms with Crippen molar-refractivity contribution >= 4 is 11.9 Å². The summed E-state index contributed by atoms with van der Waals surface area (Å²) in [6.07, 6.45) is -0.219. The Labute approximate surface area is 169 Å². The molecule has 0 saturated heterocycles. The van der Waals surface area contributed by atoms with Gasteiger partial charge in [-0.25, -0.2) is 4.98 Å². The first-order chi connectivity index (χ1) is 14.0. The van der Waals surface area contributed by atoms with Crippen molar-refractivity contribution in [2.75, 3.05) is 7.11 Å². The number of pyridine rings is 1. The molecule has 2 N–H and O–H groups in total. The fourth-order valence-electron chi connectivity index (χ4n) is 3.19. The number of amides is 1. The molecular weight excluding hydrogens is 368 g/mol. The molecule has 0 aliphatic rings. The Balaban J connectivity index is 1.89. The number of aromatic nitrogens is 1. The predicted octanol–water partition coefficient (Wildman–Crippen LogP) is 4.01. The molecule has 29 heavy (non-hydrogen) atoms. The van der Waals surface area contributed by atoms with Crippen molar-refractivity contribution < 1.29 is 19.4 Å². The lowest BCUT2D eigenvalue weighted by molar-refractivity contribution is -0.137. The van der Waals surface area contributed by atoms with E-state index in [0.717, 1.165) is 16.7 Å². The number of benzene rings is 2. The molecule has 0 aliphatic heterocycles. The van der Waals surface area contributed by atoms with Crippen molar-refractivity contribution in [3.63, 3.8) is 0 Å². The number of ether oxygens (including phenoxy) is 1. The average molecular weight is 390 g/mol. The number of nitrogens with zero attached hydrogens (tertiary/aromatic N) is 1. The molecule has 0 radical (unpaired) electrons. The fourth-order valence-corrected chi connectivity index (χ4v) is 3.19. The van der Waals surface area contributed by atoms with Crippen LogP contribution in [0.25, 0.3) is 11.3 Å².